The van der Waals surface area contributed by atoms with Gasteiger partial charge in [0.05, 0.1) is 0 Å². The molecule has 0 heteroatoms. The normalized spacial score (nSPS) is 17.1. The van der Waals surface area contributed by atoms with Crippen molar-refractivity contribution in [3.05, 3.63) is 0 Å². The van der Waals surface area contributed by atoms with E-state index in [0.717, 1.165) is 5.92 Å². The summed E-state index contributed by atoms with van der Waals surface area (Å²) in [6, 6.07) is 0. The second-order valence-corrected chi connectivity index (χ2v) is 5.83. The Morgan fingerprint density at radius 2 is 1.44 bits per heavy atom. The third-order valence-electron chi connectivity index (χ3n) is 4.71. The van der Waals surface area contributed by atoms with Crippen LogP contribution in [-0.2, 0) is 0 Å². The van der Waals surface area contributed by atoms with E-state index in [1.165, 1.54) is 57.8 Å². The third-order valence-corrected chi connectivity index (χ3v) is 4.71. The second-order valence-electron chi connectivity index (χ2n) is 5.83. The molecule has 0 N–H and O–H groups in total. The van der Waals surface area contributed by atoms with Gasteiger partial charge >= 0.3 is 0 Å². The van der Waals surface area contributed by atoms with Crippen molar-refractivity contribution in [3.8, 4) is 0 Å². The Hall–Kier alpha value is 0. The Morgan fingerprint density at radius 3 is 1.94 bits per heavy atom. The zero-order chi connectivity index (χ0) is 12.4. The van der Waals surface area contributed by atoms with E-state index in [0.29, 0.717) is 5.41 Å². The van der Waals surface area contributed by atoms with Crippen molar-refractivity contribution in [1.29, 1.82) is 0 Å². The predicted molar refractivity (Wildman–Crippen MR) is 75.8 cm³/mol. The van der Waals surface area contributed by atoms with E-state index in [2.05, 4.69) is 34.6 Å². The van der Waals surface area contributed by atoms with Gasteiger partial charge in [-0.3, -0.25) is 0 Å². The molecule has 2 atom stereocenters. The average molecular weight is 226 g/mol. The largest absolute Gasteiger partial charge is 0.0654 e. The second kappa shape index (κ2) is 9.07. The van der Waals surface area contributed by atoms with Crippen molar-refractivity contribution < 1.29 is 0 Å². The minimum Gasteiger partial charge on any atom is -0.0654 e. The minimum atomic E-state index is 0.597. The molecular weight excluding hydrogens is 192 g/mol. The molecule has 2 unspecified atom stereocenters. The van der Waals surface area contributed by atoms with Crippen LogP contribution in [0.25, 0.3) is 0 Å². The summed E-state index contributed by atoms with van der Waals surface area (Å²) in [7, 11) is 0. The molecule has 0 rings (SSSR count). The van der Waals surface area contributed by atoms with E-state index in [4.69, 9.17) is 0 Å². The molecule has 0 amide bonds. The summed E-state index contributed by atoms with van der Waals surface area (Å²) in [6.07, 6.45) is 12.7. The highest BCUT2D eigenvalue weighted by Crippen LogP contribution is 2.38. The van der Waals surface area contributed by atoms with Gasteiger partial charge in [0.1, 0.15) is 0 Å². The van der Waals surface area contributed by atoms with Crippen LogP contribution in [0.2, 0.25) is 0 Å². The number of rotatable bonds is 10. The average Bonchev–Trinajstić information content (AvgIpc) is 2.32. The van der Waals surface area contributed by atoms with E-state index in [9.17, 15) is 0 Å². The maximum Gasteiger partial charge on any atom is -0.0303 e. The lowest BCUT2D eigenvalue weighted by molar-refractivity contribution is 0.164. The van der Waals surface area contributed by atoms with E-state index < -0.39 is 0 Å². The van der Waals surface area contributed by atoms with Gasteiger partial charge in [-0.1, -0.05) is 86.0 Å². The number of unbranched alkanes of at least 4 members (excludes halogenated alkanes) is 5. The first-order chi connectivity index (χ1) is 7.60. The monoisotopic (exact) mass is 226 g/mol. The maximum atomic E-state index is 2.49. The summed E-state index contributed by atoms with van der Waals surface area (Å²) in [5.74, 6) is 0.883. The van der Waals surface area contributed by atoms with Crippen molar-refractivity contribution >= 4 is 0 Å². The summed E-state index contributed by atoms with van der Waals surface area (Å²) in [4.78, 5) is 0. The molecule has 0 saturated carbocycles. The molecule has 0 radical (unpaired) electrons. The van der Waals surface area contributed by atoms with Crippen LogP contribution in [-0.4, -0.2) is 0 Å². The fourth-order valence-electron chi connectivity index (χ4n) is 2.57. The lowest BCUT2D eigenvalue weighted by Crippen LogP contribution is -2.24. The minimum absolute atomic E-state index is 0.597. The van der Waals surface area contributed by atoms with Crippen LogP contribution in [0.3, 0.4) is 0 Å². The smallest absolute Gasteiger partial charge is 0.0303 e. The van der Waals surface area contributed by atoms with E-state index in [1.54, 1.807) is 0 Å². The molecule has 0 nitrogen and oxygen atoms in total. The zero-order valence-electron chi connectivity index (χ0n) is 12.4. The van der Waals surface area contributed by atoms with Gasteiger partial charge in [-0.25, -0.2) is 0 Å². The van der Waals surface area contributed by atoms with Gasteiger partial charge in [-0.2, -0.15) is 0 Å². The molecule has 0 aromatic heterocycles. The third kappa shape index (κ3) is 5.92. The van der Waals surface area contributed by atoms with Crippen molar-refractivity contribution in [2.45, 2.75) is 92.4 Å². The van der Waals surface area contributed by atoms with Crippen LogP contribution in [0, 0.1) is 11.3 Å². The van der Waals surface area contributed by atoms with Crippen LogP contribution in [0.5, 0.6) is 0 Å². The Bertz CT molecular complexity index is 150. The van der Waals surface area contributed by atoms with Gasteiger partial charge in [0.15, 0.2) is 0 Å². The molecule has 16 heavy (non-hydrogen) atoms. The van der Waals surface area contributed by atoms with Crippen LogP contribution < -0.4 is 0 Å². The molecule has 0 aromatic carbocycles. The summed E-state index contributed by atoms with van der Waals surface area (Å²) < 4.78 is 0. The van der Waals surface area contributed by atoms with Crippen LogP contribution in [0.1, 0.15) is 92.4 Å². The molecule has 0 saturated heterocycles. The maximum absolute atomic E-state index is 2.49. The fraction of sp³-hybridized carbons (Fsp3) is 1.00. The van der Waals surface area contributed by atoms with Crippen molar-refractivity contribution in [3.63, 3.8) is 0 Å². The molecule has 0 aliphatic rings. The molecular formula is C16H34. The topological polar surface area (TPSA) is 0 Å². The fourth-order valence-corrected chi connectivity index (χ4v) is 2.57. The van der Waals surface area contributed by atoms with Gasteiger partial charge in [0.25, 0.3) is 0 Å². The van der Waals surface area contributed by atoms with Gasteiger partial charge in [0.2, 0.25) is 0 Å². The lowest BCUT2D eigenvalue weighted by Gasteiger charge is -2.34. The van der Waals surface area contributed by atoms with Crippen LogP contribution in [0.15, 0.2) is 0 Å². The van der Waals surface area contributed by atoms with E-state index in [1.807, 2.05) is 0 Å². The predicted octanol–water partition coefficient (Wildman–Crippen LogP) is 6.20. The quantitative estimate of drug-likeness (QED) is 0.389. The number of hydrogen-bond donors (Lipinski definition) is 0. The highest BCUT2D eigenvalue weighted by atomic mass is 14.3. The molecule has 0 aromatic rings. The highest BCUT2D eigenvalue weighted by Gasteiger charge is 2.27. The zero-order valence-corrected chi connectivity index (χ0v) is 12.4. The summed E-state index contributed by atoms with van der Waals surface area (Å²) in [5, 5.41) is 0. The molecule has 0 bridgehead atoms. The molecule has 0 heterocycles. The van der Waals surface area contributed by atoms with Gasteiger partial charge in [0, 0.05) is 0 Å². The summed E-state index contributed by atoms with van der Waals surface area (Å²) in [6.45, 7) is 11.9. The van der Waals surface area contributed by atoms with Gasteiger partial charge in [-0.05, 0) is 17.8 Å². The SMILES string of the molecule is CCCCCCCCC(C)(CC)C(C)CC. The van der Waals surface area contributed by atoms with Gasteiger partial charge in [-0.15, -0.1) is 0 Å². The lowest BCUT2D eigenvalue weighted by atomic mass is 9.71. The Labute approximate surface area is 104 Å². The Balaban J connectivity index is 3.70. The van der Waals surface area contributed by atoms with Crippen LogP contribution >= 0.6 is 0 Å². The van der Waals surface area contributed by atoms with Crippen LogP contribution in [0.4, 0.5) is 0 Å². The first-order valence-electron chi connectivity index (χ1n) is 7.60. The number of hydrogen-bond acceptors (Lipinski definition) is 0. The standard InChI is InChI=1S/C16H34/c1-6-9-10-11-12-13-14-16(5,8-3)15(4)7-2/h15H,6-14H2,1-5H3. The Morgan fingerprint density at radius 1 is 0.875 bits per heavy atom. The van der Waals surface area contributed by atoms with E-state index >= 15 is 0 Å². The molecule has 0 fully saturated rings. The molecule has 98 valence electrons. The molecule has 0 aliphatic heterocycles. The molecule has 0 aliphatic carbocycles. The van der Waals surface area contributed by atoms with Crippen molar-refractivity contribution in [2.75, 3.05) is 0 Å². The summed E-state index contributed by atoms with van der Waals surface area (Å²) in [5.41, 5.74) is 0.597. The molecule has 0 spiro atoms. The Kier molecular flexibility index (Phi) is 9.07. The van der Waals surface area contributed by atoms with Crippen molar-refractivity contribution in [2.24, 2.45) is 11.3 Å². The summed E-state index contributed by atoms with van der Waals surface area (Å²) >= 11 is 0. The first-order valence-corrected chi connectivity index (χ1v) is 7.60. The van der Waals surface area contributed by atoms with Crippen molar-refractivity contribution in [1.82, 2.24) is 0 Å². The first kappa shape index (κ1) is 16.0. The van der Waals surface area contributed by atoms with E-state index in [-0.39, 0.29) is 0 Å². The van der Waals surface area contributed by atoms with Gasteiger partial charge < -0.3 is 0 Å². The highest BCUT2D eigenvalue weighted by molar-refractivity contribution is 4.77.